The molecule has 0 N–H and O–H groups in total. The van der Waals surface area contributed by atoms with Crippen LogP contribution in [-0.2, 0) is 28.5 Å². The van der Waals surface area contributed by atoms with Crippen molar-refractivity contribution in [2.45, 2.75) is 61.9 Å². The Hall–Kier alpha value is -1.48. The molecule has 2 atom stereocenters. The SMILES string of the molecule is CC(F)(F)C(=O)OC12CC3CC(C1)C1(OCC4(COC(=O)O4)CO1)C(C3)C2. The number of ether oxygens (including phenoxy) is 5. The summed E-state index contributed by atoms with van der Waals surface area (Å²) in [4.78, 5) is 23.1. The van der Waals surface area contributed by atoms with E-state index in [1.54, 1.807) is 0 Å². The van der Waals surface area contributed by atoms with Crippen LogP contribution in [0.3, 0.4) is 0 Å². The lowest BCUT2D eigenvalue weighted by molar-refractivity contribution is -0.395. The molecule has 6 fully saturated rings. The highest BCUT2D eigenvalue weighted by molar-refractivity contribution is 5.77. The molecule has 9 heteroatoms. The molecule has 6 rings (SSSR count). The van der Waals surface area contributed by atoms with Crippen molar-refractivity contribution < 1.29 is 42.1 Å². The molecule has 4 saturated carbocycles. The van der Waals surface area contributed by atoms with Gasteiger partial charge in [-0.2, -0.15) is 8.78 Å². The zero-order valence-corrected chi connectivity index (χ0v) is 15.0. The summed E-state index contributed by atoms with van der Waals surface area (Å²) in [5.74, 6) is -5.57. The topological polar surface area (TPSA) is 80.3 Å². The number of hydrogen-bond acceptors (Lipinski definition) is 7. The number of carbonyl (C=O) groups excluding carboxylic acids is 2. The second-order valence-corrected chi connectivity index (χ2v) is 8.93. The molecule has 7 nitrogen and oxygen atoms in total. The van der Waals surface area contributed by atoms with Crippen LogP contribution in [0.4, 0.5) is 13.6 Å². The first kappa shape index (κ1) is 17.6. The third kappa shape index (κ3) is 2.57. The molecular formula is C18H22F2O7. The molecule has 0 aromatic heterocycles. The van der Waals surface area contributed by atoms with E-state index in [0.717, 1.165) is 12.8 Å². The zero-order chi connectivity index (χ0) is 19.1. The summed E-state index contributed by atoms with van der Waals surface area (Å²) in [6.45, 7) is 1.01. The molecule has 2 spiro atoms. The van der Waals surface area contributed by atoms with E-state index in [2.05, 4.69) is 0 Å². The Kier molecular flexibility index (Phi) is 3.47. The van der Waals surface area contributed by atoms with Crippen LogP contribution in [0, 0.1) is 17.8 Å². The highest BCUT2D eigenvalue weighted by atomic mass is 19.3. The predicted octanol–water partition coefficient (Wildman–Crippen LogP) is 2.41. The van der Waals surface area contributed by atoms with Crippen LogP contribution in [0.15, 0.2) is 0 Å². The van der Waals surface area contributed by atoms with Crippen molar-refractivity contribution in [1.82, 2.24) is 0 Å². The smallest absolute Gasteiger partial charge is 0.455 e. The third-order valence-corrected chi connectivity index (χ3v) is 6.81. The summed E-state index contributed by atoms with van der Waals surface area (Å²) in [5.41, 5.74) is -1.77. The van der Waals surface area contributed by atoms with Gasteiger partial charge < -0.3 is 23.7 Å². The molecule has 4 aliphatic carbocycles. The second kappa shape index (κ2) is 5.31. The maximum absolute atomic E-state index is 13.4. The molecule has 2 heterocycles. The highest BCUT2D eigenvalue weighted by Crippen LogP contribution is 2.63. The predicted molar refractivity (Wildman–Crippen MR) is 82.8 cm³/mol. The molecule has 0 radical (unpaired) electrons. The maximum atomic E-state index is 13.4. The fourth-order valence-electron chi connectivity index (χ4n) is 5.88. The Morgan fingerprint density at radius 1 is 1.11 bits per heavy atom. The Morgan fingerprint density at radius 3 is 2.26 bits per heavy atom. The number of alkyl halides is 2. The maximum Gasteiger partial charge on any atom is 0.509 e. The van der Waals surface area contributed by atoms with Gasteiger partial charge in [-0.3, -0.25) is 0 Å². The van der Waals surface area contributed by atoms with Gasteiger partial charge in [0.15, 0.2) is 11.4 Å². The molecule has 4 bridgehead atoms. The number of esters is 1. The van der Waals surface area contributed by atoms with E-state index < -0.39 is 35.0 Å². The van der Waals surface area contributed by atoms with Gasteiger partial charge in [0.25, 0.3) is 0 Å². The number of cyclic esters (lactones) is 1. The molecule has 0 aromatic carbocycles. The Morgan fingerprint density at radius 2 is 1.74 bits per heavy atom. The van der Waals surface area contributed by atoms with E-state index in [1.807, 2.05) is 0 Å². The summed E-state index contributed by atoms with van der Waals surface area (Å²) in [6, 6.07) is 0. The van der Waals surface area contributed by atoms with Gasteiger partial charge in [-0.25, -0.2) is 9.59 Å². The highest BCUT2D eigenvalue weighted by Gasteiger charge is 2.68. The van der Waals surface area contributed by atoms with Gasteiger partial charge in [0, 0.05) is 18.8 Å². The van der Waals surface area contributed by atoms with Gasteiger partial charge in [0.2, 0.25) is 0 Å². The van der Waals surface area contributed by atoms with Crippen molar-refractivity contribution in [3.63, 3.8) is 0 Å². The van der Waals surface area contributed by atoms with Crippen molar-refractivity contribution in [3.8, 4) is 0 Å². The largest absolute Gasteiger partial charge is 0.509 e. The van der Waals surface area contributed by atoms with Gasteiger partial charge >= 0.3 is 18.0 Å². The quantitative estimate of drug-likeness (QED) is 0.672. The number of hydrogen-bond donors (Lipinski definition) is 0. The normalized spacial score (nSPS) is 48.0. The van der Waals surface area contributed by atoms with E-state index in [-0.39, 0.29) is 31.7 Å². The number of rotatable bonds is 2. The number of halogens is 2. The third-order valence-electron chi connectivity index (χ3n) is 6.81. The molecule has 0 amide bonds. The summed E-state index contributed by atoms with van der Waals surface area (Å²) >= 11 is 0. The monoisotopic (exact) mass is 388 g/mol. The van der Waals surface area contributed by atoms with Gasteiger partial charge in [-0.05, 0) is 38.0 Å². The van der Waals surface area contributed by atoms with E-state index in [0.29, 0.717) is 32.1 Å². The fourth-order valence-corrected chi connectivity index (χ4v) is 5.88. The average Bonchev–Trinajstić information content (AvgIpc) is 2.93. The van der Waals surface area contributed by atoms with Crippen LogP contribution in [0.1, 0.15) is 39.0 Å². The summed E-state index contributed by atoms with van der Waals surface area (Å²) < 4.78 is 54.6. The van der Waals surface area contributed by atoms with E-state index >= 15 is 0 Å². The van der Waals surface area contributed by atoms with E-state index in [1.165, 1.54) is 0 Å². The second-order valence-electron chi connectivity index (χ2n) is 8.93. The van der Waals surface area contributed by atoms with Crippen LogP contribution in [0.25, 0.3) is 0 Å². The molecule has 150 valence electrons. The van der Waals surface area contributed by atoms with Crippen molar-refractivity contribution in [1.29, 1.82) is 0 Å². The van der Waals surface area contributed by atoms with Crippen molar-refractivity contribution in [2.24, 2.45) is 17.8 Å². The van der Waals surface area contributed by atoms with E-state index in [4.69, 9.17) is 23.7 Å². The van der Waals surface area contributed by atoms with Gasteiger partial charge in [0.05, 0.1) is 13.2 Å². The lowest BCUT2D eigenvalue weighted by Gasteiger charge is -2.64. The van der Waals surface area contributed by atoms with Crippen LogP contribution in [0.5, 0.6) is 0 Å². The summed E-state index contributed by atoms with van der Waals surface area (Å²) in [6.07, 6.45) is 2.49. The molecule has 6 aliphatic rings. The molecule has 2 aliphatic heterocycles. The van der Waals surface area contributed by atoms with Crippen molar-refractivity contribution in [2.75, 3.05) is 19.8 Å². The van der Waals surface area contributed by atoms with Crippen LogP contribution < -0.4 is 0 Å². The fraction of sp³-hybridized carbons (Fsp3) is 0.889. The van der Waals surface area contributed by atoms with Crippen molar-refractivity contribution >= 4 is 12.1 Å². The Balaban J connectivity index is 1.35. The minimum absolute atomic E-state index is 0.0441. The van der Waals surface area contributed by atoms with Gasteiger partial charge in [-0.1, -0.05) is 0 Å². The van der Waals surface area contributed by atoms with Crippen LogP contribution in [-0.4, -0.2) is 54.9 Å². The Bertz CT molecular complexity index is 662. The molecule has 27 heavy (non-hydrogen) atoms. The first-order chi connectivity index (χ1) is 12.6. The minimum atomic E-state index is -3.50. The zero-order valence-electron chi connectivity index (χ0n) is 15.0. The standard InChI is InChI=1S/C18H22F2O7/c1-15(19,20)13(21)26-16-4-10-2-11(5-16)18(12(3-10)6-16)24-8-17(9-25-18)7-23-14(22)27-17/h10-12H,2-9H2,1H3. The number of carbonyl (C=O) groups is 2. The van der Waals surface area contributed by atoms with Crippen LogP contribution >= 0.6 is 0 Å². The van der Waals surface area contributed by atoms with Gasteiger partial charge in [-0.15, -0.1) is 0 Å². The molecule has 0 aromatic rings. The van der Waals surface area contributed by atoms with Crippen LogP contribution in [0.2, 0.25) is 0 Å². The average molecular weight is 388 g/mol. The minimum Gasteiger partial charge on any atom is -0.455 e. The lowest BCUT2D eigenvalue weighted by atomic mass is 9.51. The van der Waals surface area contributed by atoms with E-state index in [9.17, 15) is 18.4 Å². The molecular weight excluding hydrogens is 366 g/mol. The molecule has 2 saturated heterocycles. The first-order valence-corrected chi connectivity index (χ1v) is 9.39. The lowest BCUT2D eigenvalue weighted by Crippen LogP contribution is -2.70. The van der Waals surface area contributed by atoms with Gasteiger partial charge in [0.1, 0.15) is 12.2 Å². The molecule has 2 unspecified atom stereocenters. The summed E-state index contributed by atoms with van der Waals surface area (Å²) in [7, 11) is 0. The Labute approximate surface area is 154 Å². The van der Waals surface area contributed by atoms with Crippen molar-refractivity contribution in [3.05, 3.63) is 0 Å². The first-order valence-electron chi connectivity index (χ1n) is 9.39. The summed E-state index contributed by atoms with van der Waals surface area (Å²) in [5, 5.41) is 0.